The Morgan fingerprint density at radius 3 is 2.56 bits per heavy atom. The highest BCUT2D eigenvalue weighted by Crippen LogP contribution is 2.26. The molecule has 0 fully saturated rings. The number of non-ortho nitro benzene ring substituents is 1. The van der Waals surface area contributed by atoms with E-state index in [0.717, 1.165) is 16.7 Å². The van der Waals surface area contributed by atoms with E-state index in [1.54, 1.807) is 6.07 Å². The molecule has 16 heavy (non-hydrogen) atoms. The molecule has 2 aromatic carbocycles. The average molecular weight is 212 g/mol. The lowest BCUT2D eigenvalue weighted by Gasteiger charge is -2.04. The summed E-state index contributed by atoms with van der Waals surface area (Å²) in [7, 11) is 0. The van der Waals surface area contributed by atoms with E-state index in [2.05, 4.69) is 6.07 Å². The third-order valence-corrected chi connectivity index (χ3v) is 2.43. The summed E-state index contributed by atoms with van der Waals surface area (Å²) >= 11 is 0. The van der Waals surface area contributed by atoms with Crippen molar-refractivity contribution in [1.82, 2.24) is 0 Å². The van der Waals surface area contributed by atoms with E-state index in [0.29, 0.717) is 0 Å². The lowest BCUT2D eigenvalue weighted by molar-refractivity contribution is -0.384. The zero-order valence-electron chi connectivity index (χ0n) is 8.81. The molecule has 3 nitrogen and oxygen atoms in total. The predicted molar refractivity (Wildman–Crippen MR) is 62.1 cm³/mol. The van der Waals surface area contributed by atoms with Crippen molar-refractivity contribution in [2.45, 2.75) is 6.92 Å². The monoisotopic (exact) mass is 212 g/mol. The first-order valence-electron chi connectivity index (χ1n) is 4.90. The Morgan fingerprint density at radius 2 is 1.94 bits per heavy atom. The summed E-state index contributed by atoms with van der Waals surface area (Å²) in [6.45, 7) is 1.89. The fraction of sp³-hybridized carbons (Fsp3) is 0.0769. The largest absolute Gasteiger partial charge is 0.270 e. The second-order valence-electron chi connectivity index (χ2n) is 3.52. The van der Waals surface area contributed by atoms with Crippen molar-refractivity contribution >= 4 is 5.69 Å². The van der Waals surface area contributed by atoms with Crippen molar-refractivity contribution in [3.8, 4) is 11.1 Å². The van der Waals surface area contributed by atoms with Crippen LogP contribution in [0.4, 0.5) is 5.69 Å². The Balaban J connectivity index is 2.56. The maximum atomic E-state index is 10.7. The number of aryl methyl sites for hydroxylation is 1. The molecule has 0 aliphatic carbocycles. The third kappa shape index (κ3) is 1.93. The Hall–Kier alpha value is -2.16. The molecule has 0 aromatic heterocycles. The first-order valence-corrected chi connectivity index (χ1v) is 4.90. The van der Waals surface area contributed by atoms with E-state index in [-0.39, 0.29) is 5.69 Å². The molecule has 0 bridgehead atoms. The number of rotatable bonds is 2. The van der Waals surface area contributed by atoms with Crippen molar-refractivity contribution in [1.29, 1.82) is 0 Å². The Bertz CT molecular complexity index is 521. The van der Waals surface area contributed by atoms with Gasteiger partial charge in [0.2, 0.25) is 0 Å². The summed E-state index contributed by atoms with van der Waals surface area (Å²) in [4.78, 5) is 10.3. The highest BCUT2D eigenvalue weighted by Gasteiger charge is 2.09. The van der Waals surface area contributed by atoms with Gasteiger partial charge in [-0.1, -0.05) is 30.3 Å². The molecule has 0 atom stereocenters. The predicted octanol–water partition coefficient (Wildman–Crippen LogP) is 3.37. The molecule has 3 heteroatoms. The van der Waals surface area contributed by atoms with Gasteiger partial charge in [0.25, 0.3) is 5.69 Å². The van der Waals surface area contributed by atoms with Crippen LogP contribution in [-0.4, -0.2) is 4.92 Å². The zero-order valence-corrected chi connectivity index (χ0v) is 8.81. The van der Waals surface area contributed by atoms with Gasteiger partial charge in [0, 0.05) is 12.1 Å². The van der Waals surface area contributed by atoms with Crippen molar-refractivity contribution in [2.24, 2.45) is 0 Å². The van der Waals surface area contributed by atoms with Gasteiger partial charge in [0.15, 0.2) is 0 Å². The molecule has 1 radical (unpaired) electrons. The molecule has 0 unspecified atom stereocenters. The van der Waals surface area contributed by atoms with Crippen LogP contribution in [0.1, 0.15) is 5.56 Å². The second-order valence-corrected chi connectivity index (χ2v) is 3.52. The molecule has 0 aliphatic heterocycles. The molecule has 0 saturated heterocycles. The molecule has 2 rings (SSSR count). The highest BCUT2D eigenvalue weighted by atomic mass is 16.6. The number of hydrogen-bond acceptors (Lipinski definition) is 2. The third-order valence-electron chi connectivity index (χ3n) is 2.43. The molecule has 0 spiro atoms. The normalized spacial score (nSPS) is 10.1. The van der Waals surface area contributed by atoms with E-state index in [1.807, 2.05) is 37.3 Å². The van der Waals surface area contributed by atoms with Crippen LogP contribution >= 0.6 is 0 Å². The molecule has 0 amide bonds. The minimum absolute atomic E-state index is 0.0736. The first kappa shape index (κ1) is 10.4. The standard InChI is InChI=1S/C13H10NO2/c1-10-7-8-12(14(15)16)9-13(10)11-5-3-2-4-6-11/h2-6,8-9H,1H3. The van der Waals surface area contributed by atoms with E-state index >= 15 is 0 Å². The smallest absolute Gasteiger partial charge is 0.258 e. The summed E-state index contributed by atoms with van der Waals surface area (Å²) in [5.41, 5.74) is 2.82. The highest BCUT2D eigenvalue weighted by molar-refractivity contribution is 5.69. The number of nitro groups is 1. The van der Waals surface area contributed by atoms with Crippen LogP contribution in [0.15, 0.2) is 42.5 Å². The van der Waals surface area contributed by atoms with Gasteiger partial charge in [-0.15, -0.1) is 0 Å². The molecule has 79 valence electrons. The molecular weight excluding hydrogens is 202 g/mol. The van der Waals surface area contributed by atoms with E-state index < -0.39 is 4.92 Å². The quantitative estimate of drug-likeness (QED) is 0.565. The van der Waals surface area contributed by atoms with Crippen molar-refractivity contribution < 1.29 is 4.92 Å². The fourth-order valence-corrected chi connectivity index (χ4v) is 1.58. The zero-order chi connectivity index (χ0) is 11.5. The SMILES string of the molecule is Cc1[c]cc([N+](=O)[O-])cc1-c1ccccc1. The minimum Gasteiger partial charge on any atom is -0.258 e. The Labute approximate surface area is 93.5 Å². The van der Waals surface area contributed by atoms with Crippen LogP contribution in [-0.2, 0) is 0 Å². The first-order chi connectivity index (χ1) is 7.68. The number of nitro benzene ring substituents is 1. The van der Waals surface area contributed by atoms with E-state index in [1.165, 1.54) is 6.07 Å². The van der Waals surface area contributed by atoms with Gasteiger partial charge in [-0.25, -0.2) is 0 Å². The summed E-state index contributed by atoms with van der Waals surface area (Å²) in [6, 6.07) is 15.5. The van der Waals surface area contributed by atoms with Crippen LogP contribution in [0.5, 0.6) is 0 Å². The lowest BCUT2D eigenvalue weighted by Crippen LogP contribution is -1.90. The maximum absolute atomic E-state index is 10.7. The van der Waals surface area contributed by atoms with Crippen molar-refractivity contribution in [2.75, 3.05) is 0 Å². The Morgan fingerprint density at radius 1 is 1.25 bits per heavy atom. The van der Waals surface area contributed by atoms with Gasteiger partial charge in [0.05, 0.1) is 4.92 Å². The number of nitrogens with zero attached hydrogens (tertiary/aromatic N) is 1. The molecule has 0 N–H and O–H groups in total. The van der Waals surface area contributed by atoms with E-state index in [4.69, 9.17) is 0 Å². The molecule has 2 aromatic rings. The topological polar surface area (TPSA) is 43.1 Å². The van der Waals surface area contributed by atoms with E-state index in [9.17, 15) is 10.1 Å². The second kappa shape index (κ2) is 4.14. The summed E-state index contributed by atoms with van der Waals surface area (Å²) in [5.74, 6) is 0. The number of hydrogen-bond donors (Lipinski definition) is 0. The summed E-state index contributed by atoms with van der Waals surface area (Å²) in [5, 5.41) is 10.7. The molecule has 0 heterocycles. The van der Waals surface area contributed by atoms with Crippen LogP contribution < -0.4 is 0 Å². The van der Waals surface area contributed by atoms with Gasteiger partial charge in [0.1, 0.15) is 0 Å². The lowest BCUT2D eigenvalue weighted by atomic mass is 10.0. The molecule has 0 saturated carbocycles. The van der Waals surface area contributed by atoms with Crippen LogP contribution in [0.3, 0.4) is 0 Å². The van der Waals surface area contributed by atoms with Gasteiger partial charge in [-0.05, 0) is 29.7 Å². The Kier molecular flexibility index (Phi) is 2.68. The maximum Gasteiger partial charge on any atom is 0.270 e. The van der Waals surface area contributed by atoms with Gasteiger partial charge in [-0.3, -0.25) is 10.1 Å². The molecular formula is C13H10NO2. The number of benzene rings is 2. The fourth-order valence-electron chi connectivity index (χ4n) is 1.58. The van der Waals surface area contributed by atoms with Crippen molar-refractivity contribution in [3.63, 3.8) is 0 Å². The van der Waals surface area contributed by atoms with Gasteiger partial charge < -0.3 is 0 Å². The van der Waals surface area contributed by atoms with Crippen LogP contribution in [0, 0.1) is 23.1 Å². The minimum atomic E-state index is -0.400. The summed E-state index contributed by atoms with van der Waals surface area (Å²) < 4.78 is 0. The van der Waals surface area contributed by atoms with Crippen LogP contribution in [0.25, 0.3) is 11.1 Å². The van der Waals surface area contributed by atoms with Crippen LogP contribution in [0.2, 0.25) is 0 Å². The summed E-state index contributed by atoms with van der Waals surface area (Å²) in [6.07, 6.45) is 0. The van der Waals surface area contributed by atoms with Crippen molar-refractivity contribution in [3.05, 3.63) is 64.2 Å². The average Bonchev–Trinajstić information content (AvgIpc) is 2.30. The van der Waals surface area contributed by atoms with Gasteiger partial charge in [-0.2, -0.15) is 0 Å². The molecule has 0 aliphatic rings. The van der Waals surface area contributed by atoms with Gasteiger partial charge >= 0.3 is 0 Å².